The van der Waals surface area contributed by atoms with E-state index in [9.17, 15) is 4.79 Å². The predicted molar refractivity (Wildman–Crippen MR) is 94.4 cm³/mol. The van der Waals surface area contributed by atoms with E-state index >= 15 is 0 Å². The van der Waals surface area contributed by atoms with Crippen molar-refractivity contribution in [1.29, 1.82) is 0 Å². The van der Waals surface area contributed by atoms with Gasteiger partial charge in [0.05, 0.1) is 6.42 Å². The van der Waals surface area contributed by atoms with Gasteiger partial charge in [-0.3, -0.25) is 4.79 Å². The summed E-state index contributed by atoms with van der Waals surface area (Å²) in [5.41, 5.74) is 0.695. The van der Waals surface area contributed by atoms with Gasteiger partial charge in [-0.25, -0.2) is 0 Å². The van der Waals surface area contributed by atoms with Crippen LogP contribution in [0, 0.1) is 0 Å². The number of nitrogens with zero attached hydrogens (tertiary/aromatic N) is 1. The Kier molecular flexibility index (Phi) is 9.13. The van der Waals surface area contributed by atoms with Crippen molar-refractivity contribution in [2.75, 3.05) is 39.3 Å². The zero-order valence-electron chi connectivity index (χ0n) is 12.4. The van der Waals surface area contributed by atoms with Gasteiger partial charge >= 0.3 is 0 Å². The number of piperazine rings is 1. The van der Waals surface area contributed by atoms with Crippen LogP contribution in [-0.2, 0) is 11.2 Å². The molecule has 1 aliphatic rings. The molecule has 2 rings (SSSR count). The Morgan fingerprint density at radius 3 is 2.50 bits per heavy atom. The zero-order chi connectivity index (χ0) is 15.1. The van der Waals surface area contributed by atoms with E-state index in [2.05, 4.69) is 15.5 Å². The lowest BCUT2D eigenvalue weighted by Gasteiger charge is -2.27. The molecule has 1 aliphatic heterocycles. The first-order valence-electron chi connectivity index (χ1n) is 7.29. The average molecular weight is 367 g/mol. The second-order valence-corrected chi connectivity index (χ2v) is 5.99. The van der Waals surface area contributed by atoms with Crippen LogP contribution in [0.3, 0.4) is 0 Å². The van der Waals surface area contributed by atoms with E-state index in [1.54, 1.807) is 18.2 Å². The number of halogens is 3. The van der Waals surface area contributed by atoms with Gasteiger partial charge in [0, 0.05) is 42.8 Å². The molecule has 1 saturated heterocycles. The third-order valence-electron chi connectivity index (χ3n) is 3.58. The van der Waals surface area contributed by atoms with Gasteiger partial charge in [0.15, 0.2) is 0 Å². The van der Waals surface area contributed by atoms with Crippen molar-refractivity contribution in [2.24, 2.45) is 0 Å². The normalized spacial score (nSPS) is 15.2. The molecule has 0 unspecified atom stereocenters. The highest BCUT2D eigenvalue weighted by Crippen LogP contribution is 2.24. The second-order valence-electron chi connectivity index (χ2n) is 5.17. The smallest absolute Gasteiger partial charge is 0.224 e. The summed E-state index contributed by atoms with van der Waals surface area (Å²) in [6, 6.07) is 5.28. The highest BCUT2D eigenvalue weighted by molar-refractivity contribution is 6.36. The molecule has 0 aliphatic carbocycles. The summed E-state index contributed by atoms with van der Waals surface area (Å²) in [6.07, 6.45) is 1.19. The van der Waals surface area contributed by atoms with Gasteiger partial charge in [-0.2, -0.15) is 0 Å². The average Bonchev–Trinajstić information content (AvgIpc) is 2.49. The largest absolute Gasteiger partial charge is 0.356 e. The highest BCUT2D eigenvalue weighted by Gasteiger charge is 2.11. The van der Waals surface area contributed by atoms with E-state index in [-0.39, 0.29) is 24.7 Å². The minimum atomic E-state index is -0.0367. The second kappa shape index (κ2) is 10.3. The van der Waals surface area contributed by atoms with Gasteiger partial charge in [-0.1, -0.05) is 29.3 Å². The summed E-state index contributed by atoms with van der Waals surface area (Å²) in [6.45, 7) is 5.99. The number of hydrogen-bond acceptors (Lipinski definition) is 3. The molecule has 2 N–H and O–H groups in total. The Morgan fingerprint density at radius 1 is 1.23 bits per heavy atom. The molecule has 1 heterocycles. The fraction of sp³-hybridized carbons (Fsp3) is 0.533. The Hall–Kier alpha value is -0.520. The number of carbonyl (C=O) groups excluding carboxylic acids is 1. The molecule has 0 radical (unpaired) electrons. The van der Waals surface area contributed by atoms with Crippen LogP contribution in [0.2, 0.25) is 10.0 Å². The molecule has 0 spiro atoms. The number of amides is 1. The molecular weight excluding hydrogens is 345 g/mol. The van der Waals surface area contributed by atoms with E-state index < -0.39 is 0 Å². The quantitative estimate of drug-likeness (QED) is 0.760. The molecule has 0 bridgehead atoms. The maximum atomic E-state index is 11.9. The van der Waals surface area contributed by atoms with Gasteiger partial charge in [0.25, 0.3) is 0 Å². The molecule has 1 aromatic carbocycles. The minimum absolute atomic E-state index is 0. The Balaban J connectivity index is 0.00000242. The number of nitrogens with one attached hydrogen (secondary N) is 2. The van der Waals surface area contributed by atoms with Crippen molar-refractivity contribution < 1.29 is 4.79 Å². The first kappa shape index (κ1) is 19.5. The van der Waals surface area contributed by atoms with Gasteiger partial charge in [0.2, 0.25) is 5.91 Å². The van der Waals surface area contributed by atoms with Crippen molar-refractivity contribution >= 4 is 41.5 Å². The van der Waals surface area contributed by atoms with Crippen LogP contribution in [0.1, 0.15) is 12.0 Å². The van der Waals surface area contributed by atoms with Crippen LogP contribution in [0.15, 0.2) is 18.2 Å². The maximum absolute atomic E-state index is 11.9. The molecule has 0 saturated carbocycles. The van der Waals surface area contributed by atoms with Crippen molar-refractivity contribution in [1.82, 2.24) is 15.5 Å². The minimum Gasteiger partial charge on any atom is -0.356 e. The lowest BCUT2D eigenvalue weighted by molar-refractivity contribution is -0.120. The molecule has 7 heteroatoms. The summed E-state index contributed by atoms with van der Waals surface area (Å²) in [7, 11) is 0. The van der Waals surface area contributed by atoms with Crippen LogP contribution in [0.5, 0.6) is 0 Å². The van der Waals surface area contributed by atoms with Crippen LogP contribution in [-0.4, -0.2) is 50.1 Å². The Morgan fingerprint density at radius 2 is 1.86 bits per heavy atom. The summed E-state index contributed by atoms with van der Waals surface area (Å²) in [5.74, 6) is -0.0367. The van der Waals surface area contributed by atoms with Gasteiger partial charge in [0.1, 0.15) is 0 Å². The number of rotatable bonds is 6. The van der Waals surface area contributed by atoms with Crippen LogP contribution in [0.25, 0.3) is 0 Å². The SMILES string of the molecule is Cl.O=C(Cc1c(Cl)cccc1Cl)NCCCN1CCNCC1. The molecule has 1 amide bonds. The fourth-order valence-electron chi connectivity index (χ4n) is 2.39. The van der Waals surface area contributed by atoms with Crippen LogP contribution >= 0.6 is 35.6 Å². The summed E-state index contributed by atoms with van der Waals surface area (Å²) in [4.78, 5) is 14.3. The Bertz CT molecular complexity index is 459. The molecular formula is C15H22Cl3N3O. The van der Waals surface area contributed by atoms with E-state index in [4.69, 9.17) is 23.2 Å². The Labute approximate surface area is 147 Å². The van der Waals surface area contributed by atoms with E-state index in [1.807, 2.05) is 0 Å². The summed E-state index contributed by atoms with van der Waals surface area (Å²) in [5, 5.41) is 7.33. The summed E-state index contributed by atoms with van der Waals surface area (Å²) < 4.78 is 0. The van der Waals surface area contributed by atoms with Crippen LogP contribution in [0.4, 0.5) is 0 Å². The van der Waals surface area contributed by atoms with Crippen molar-refractivity contribution in [2.45, 2.75) is 12.8 Å². The standard InChI is InChI=1S/C15H21Cl2N3O.ClH/c16-13-3-1-4-14(17)12(13)11-15(21)19-5-2-8-20-9-6-18-7-10-20;/h1,3-4,18H,2,5-11H2,(H,19,21);1H. The first-order chi connectivity index (χ1) is 10.2. The molecule has 124 valence electrons. The summed E-state index contributed by atoms with van der Waals surface area (Å²) >= 11 is 12.1. The van der Waals surface area contributed by atoms with Crippen LogP contribution < -0.4 is 10.6 Å². The third-order valence-corrected chi connectivity index (χ3v) is 4.29. The molecule has 0 atom stereocenters. The lowest BCUT2D eigenvalue weighted by atomic mass is 10.1. The lowest BCUT2D eigenvalue weighted by Crippen LogP contribution is -2.44. The van der Waals surface area contributed by atoms with Crippen molar-refractivity contribution in [3.63, 3.8) is 0 Å². The number of hydrogen-bond donors (Lipinski definition) is 2. The van der Waals surface area contributed by atoms with E-state index in [0.717, 1.165) is 39.1 Å². The van der Waals surface area contributed by atoms with E-state index in [0.29, 0.717) is 22.2 Å². The third kappa shape index (κ3) is 6.31. The molecule has 22 heavy (non-hydrogen) atoms. The first-order valence-corrected chi connectivity index (χ1v) is 8.05. The molecule has 1 aromatic rings. The zero-order valence-corrected chi connectivity index (χ0v) is 14.7. The highest BCUT2D eigenvalue weighted by atomic mass is 35.5. The molecule has 0 aromatic heterocycles. The predicted octanol–water partition coefficient (Wildman–Crippen LogP) is 2.37. The van der Waals surface area contributed by atoms with Crippen molar-refractivity contribution in [3.05, 3.63) is 33.8 Å². The van der Waals surface area contributed by atoms with E-state index in [1.165, 1.54) is 0 Å². The fourth-order valence-corrected chi connectivity index (χ4v) is 2.92. The monoisotopic (exact) mass is 365 g/mol. The number of carbonyl (C=O) groups is 1. The van der Waals surface area contributed by atoms with Crippen molar-refractivity contribution in [3.8, 4) is 0 Å². The van der Waals surface area contributed by atoms with Gasteiger partial charge in [-0.15, -0.1) is 12.4 Å². The maximum Gasteiger partial charge on any atom is 0.224 e. The molecule has 4 nitrogen and oxygen atoms in total. The van der Waals surface area contributed by atoms with Gasteiger partial charge < -0.3 is 15.5 Å². The molecule has 1 fully saturated rings. The topological polar surface area (TPSA) is 44.4 Å². The number of benzene rings is 1. The van der Waals surface area contributed by atoms with Gasteiger partial charge in [-0.05, 0) is 30.7 Å².